The van der Waals surface area contributed by atoms with E-state index in [1.807, 2.05) is 24.0 Å². The van der Waals surface area contributed by atoms with E-state index in [-0.39, 0.29) is 0 Å². The largest absolute Gasteiger partial charge is 0.317 e. The topological polar surface area (TPSA) is 24.9 Å². The summed E-state index contributed by atoms with van der Waals surface area (Å²) < 4.78 is 0. The third-order valence-electron chi connectivity index (χ3n) is 2.46. The number of rotatable bonds is 2. The number of hydrogen-bond donors (Lipinski definition) is 1. The van der Waals surface area contributed by atoms with Gasteiger partial charge in [-0.15, -0.1) is 11.8 Å². The predicted octanol–water partition coefficient (Wildman–Crippen LogP) is 2.23. The zero-order valence-corrected chi connectivity index (χ0v) is 9.31. The number of pyridine rings is 1. The van der Waals surface area contributed by atoms with Crippen LogP contribution in [0.15, 0.2) is 23.4 Å². The van der Waals surface area contributed by atoms with Gasteiger partial charge in [-0.05, 0) is 50.6 Å². The molecule has 2 rings (SSSR count). The van der Waals surface area contributed by atoms with Gasteiger partial charge in [-0.2, -0.15) is 0 Å². The number of aryl methyl sites for hydroxylation is 1. The second kappa shape index (κ2) is 4.80. The Kier molecular flexibility index (Phi) is 3.43. The molecule has 0 saturated carbocycles. The van der Waals surface area contributed by atoms with Crippen LogP contribution in [-0.2, 0) is 0 Å². The number of nitrogens with one attached hydrogen (secondary N) is 1. The average Bonchev–Trinajstić information content (AvgIpc) is 2.19. The predicted molar refractivity (Wildman–Crippen MR) is 60.7 cm³/mol. The van der Waals surface area contributed by atoms with E-state index >= 15 is 0 Å². The van der Waals surface area contributed by atoms with Crippen LogP contribution in [0.5, 0.6) is 0 Å². The molecule has 0 spiro atoms. The molecule has 1 aliphatic rings. The maximum Gasteiger partial charge on any atom is 0.0965 e. The van der Waals surface area contributed by atoms with Gasteiger partial charge < -0.3 is 5.32 Å². The maximum absolute atomic E-state index is 4.38. The van der Waals surface area contributed by atoms with Crippen molar-refractivity contribution < 1.29 is 0 Å². The molecule has 2 heterocycles. The Labute approximate surface area is 89.5 Å². The molecule has 2 nitrogen and oxygen atoms in total. The van der Waals surface area contributed by atoms with Gasteiger partial charge in [0.25, 0.3) is 0 Å². The molecule has 14 heavy (non-hydrogen) atoms. The molecule has 0 radical (unpaired) electrons. The highest BCUT2D eigenvalue weighted by molar-refractivity contribution is 7.99. The highest BCUT2D eigenvalue weighted by Crippen LogP contribution is 2.27. The van der Waals surface area contributed by atoms with Gasteiger partial charge in [0.1, 0.15) is 0 Å². The highest BCUT2D eigenvalue weighted by Gasteiger charge is 2.14. The van der Waals surface area contributed by atoms with Gasteiger partial charge >= 0.3 is 0 Å². The molecule has 1 N–H and O–H groups in total. The molecule has 76 valence electrons. The lowest BCUT2D eigenvalue weighted by atomic mass is 10.2. The first-order chi connectivity index (χ1) is 6.84. The van der Waals surface area contributed by atoms with E-state index in [0.29, 0.717) is 0 Å². The van der Waals surface area contributed by atoms with Crippen molar-refractivity contribution in [3.63, 3.8) is 0 Å². The molecule has 0 unspecified atom stereocenters. The first kappa shape index (κ1) is 9.99. The van der Waals surface area contributed by atoms with Crippen molar-refractivity contribution in [1.82, 2.24) is 10.3 Å². The van der Waals surface area contributed by atoms with Crippen LogP contribution in [0.1, 0.15) is 18.4 Å². The first-order valence-corrected chi connectivity index (χ1v) is 6.02. The summed E-state index contributed by atoms with van der Waals surface area (Å²) in [7, 11) is 0. The second-order valence-corrected chi connectivity index (χ2v) is 5.06. The first-order valence-electron chi connectivity index (χ1n) is 5.14. The summed E-state index contributed by atoms with van der Waals surface area (Å²) in [6.45, 7) is 4.43. The quantitative estimate of drug-likeness (QED) is 0.807. The van der Waals surface area contributed by atoms with Crippen molar-refractivity contribution in [2.45, 2.75) is 30.0 Å². The molecular formula is C11H16N2S. The van der Waals surface area contributed by atoms with Gasteiger partial charge in [0, 0.05) is 11.4 Å². The van der Waals surface area contributed by atoms with Gasteiger partial charge in [-0.25, -0.2) is 4.98 Å². The van der Waals surface area contributed by atoms with E-state index in [1.54, 1.807) is 0 Å². The normalized spacial score (nSPS) is 18.4. The maximum atomic E-state index is 4.38. The molecular weight excluding hydrogens is 192 g/mol. The van der Waals surface area contributed by atoms with Crippen LogP contribution in [0.2, 0.25) is 0 Å². The fraction of sp³-hybridized carbons (Fsp3) is 0.545. The molecule has 1 fully saturated rings. The Bertz CT molecular complexity index is 295. The van der Waals surface area contributed by atoms with Crippen LogP contribution in [0.25, 0.3) is 0 Å². The molecule has 0 aliphatic carbocycles. The van der Waals surface area contributed by atoms with Crippen LogP contribution in [0.4, 0.5) is 0 Å². The molecule has 0 atom stereocenters. The van der Waals surface area contributed by atoms with Crippen molar-refractivity contribution in [2.24, 2.45) is 0 Å². The van der Waals surface area contributed by atoms with Crippen molar-refractivity contribution in [1.29, 1.82) is 0 Å². The summed E-state index contributed by atoms with van der Waals surface area (Å²) in [6.07, 6.45) is 4.43. The van der Waals surface area contributed by atoms with Crippen LogP contribution in [0.3, 0.4) is 0 Å². The lowest BCUT2D eigenvalue weighted by Crippen LogP contribution is -2.29. The highest BCUT2D eigenvalue weighted by atomic mass is 32.2. The smallest absolute Gasteiger partial charge is 0.0965 e. The second-order valence-electron chi connectivity index (χ2n) is 3.74. The van der Waals surface area contributed by atoms with Gasteiger partial charge in [0.15, 0.2) is 0 Å². The van der Waals surface area contributed by atoms with Crippen molar-refractivity contribution >= 4 is 11.8 Å². The van der Waals surface area contributed by atoms with Crippen molar-refractivity contribution in [2.75, 3.05) is 13.1 Å². The van der Waals surface area contributed by atoms with Crippen LogP contribution in [-0.4, -0.2) is 23.3 Å². The minimum Gasteiger partial charge on any atom is -0.317 e. The van der Waals surface area contributed by atoms with E-state index < -0.39 is 0 Å². The standard InChI is InChI=1S/C11H16N2S/c1-9-2-7-13-11(8-9)14-10-3-5-12-6-4-10/h2,7-8,10,12H,3-6H2,1H3. The summed E-state index contributed by atoms with van der Waals surface area (Å²) in [5, 5.41) is 5.31. The van der Waals surface area contributed by atoms with Crippen LogP contribution < -0.4 is 5.32 Å². The average molecular weight is 208 g/mol. The number of hydrogen-bond acceptors (Lipinski definition) is 3. The molecule has 1 saturated heterocycles. The van der Waals surface area contributed by atoms with E-state index in [2.05, 4.69) is 23.3 Å². The lowest BCUT2D eigenvalue weighted by Gasteiger charge is -2.21. The Morgan fingerprint density at radius 2 is 2.21 bits per heavy atom. The van der Waals surface area contributed by atoms with Crippen molar-refractivity contribution in [3.05, 3.63) is 23.9 Å². The summed E-state index contributed by atoms with van der Waals surface area (Å²) in [6, 6.07) is 4.22. The molecule has 0 bridgehead atoms. The fourth-order valence-corrected chi connectivity index (χ4v) is 2.85. The molecule has 0 aromatic carbocycles. The number of piperidine rings is 1. The number of nitrogens with zero attached hydrogens (tertiary/aromatic N) is 1. The number of aromatic nitrogens is 1. The van der Waals surface area contributed by atoms with E-state index in [0.717, 1.165) is 18.3 Å². The summed E-state index contributed by atoms with van der Waals surface area (Å²) in [4.78, 5) is 4.38. The SMILES string of the molecule is Cc1ccnc(SC2CCNCC2)c1. The zero-order chi connectivity index (χ0) is 9.80. The van der Waals surface area contributed by atoms with Gasteiger partial charge in [-0.3, -0.25) is 0 Å². The molecule has 1 aliphatic heterocycles. The summed E-state index contributed by atoms with van der Waals surface area (Å²) in [5.41, 5.74) is 1.30. The summed E-state index contributed by atoms with van der Waals surface area (Å²) >= 11 is 1.93. The molecule has 0 amide bonds. The van der Waals surface area contributed by atoms with Gasteiger partial charge in [0.05, 0.1) is 5.03 Å². The van der Waals surface area contributed by atoms with Crippen LogP contribution in [0, 0.1) is 6.92 Å². The van der Waals surface area contributed by atoms with E-state index in [4.69, 9.17) is 0 Å². The summed E-state index contributed by atoms with van der Waals surface area (Å²) in [5.74, 6) is 0. The van der Waals surface area contributed by atoms with E-state index in [1.165, 1.54) is 23.4 Å². The molecule has 3 heteroatoms. The van der Waals surface area contributed by atoms with Gasteiger partial charge in [0.2, 0.25) is 0 Å². The van der Waals surface area contributed by atoms with Crippen molar-refractivity contribution in [3.8, 4) is 0 Å². The molecule has 1 aromatic heterocycles. The Hall–Kier alpha value is -0.540. The zero-order valence-electron chi connectivity index (χ0n) is 8.49. The minimum absolute atomic E-state index is 0.755. The number of thioether (sulfide) groups is 1. The van der Waals surface area contributed by atoms with E-state index in [9.17, 15) is 0 Å². The Morgan fingerprint density at radius 3 is 2.93 bits per heavy atom. The molecule has 1 aromatic rings. The Morgan fingerprint density at radius 1 is 1.43 bits per heavy atom. The monoisotopic (exact) mass is 208 g/mol. The van der Waals surface area contributed by atoms with Gasteiger partial charge in [-0.1, -0.05) is 0 Å². The Balaban J connectivity index is 1.95. The fourth-order valence-electron chi connectivity index (χ4n) is 1.66. The minimum atomic E-state index is 0.755. The third-order valence-corrected chi connectivity index (χ3v) is 3.73. The van der Waals surface area contributed by atoms with Crippen LogP contribution >= 0.6 is 11.8 Å². The third kappa shape index (κ3) is 2.72. The lowest BCUT2D eigenvalue weighted by molar-refractivity contribution is 0.531.